The number of alkyl halides is 1. The van der Waals surface area contributed by atoms with Gasteiger partial charge in [-0.2, -0.15) is 0 Å². The molecule has 1 fully saturated rings. The first-order valence-corrected chi connectivity index (χ1v) is 4.56. The van der Waals surface area contributed by atoms with Crippen molar-refractivity contribution in [2.75, 3.05) is 13.1 Å². The van der Waals surface area contributed by atoms with Gasteiger partial charge in [-0.3, -0.25) is 0 Å². The van der Waals surface area contributed by atoms with E-state index < -0.39 is 5.67 Å². The van der Waals surface area contributed by atoms with Crippen molar-refractivity contribution in [3.63, 3.8) is 0 Å². The third-order valence-electron chi connectivity index (χ3n) is 2.30. The number of rotatable bonds is 2. The van der Waals surface area contributed by atoms with E-state index in [-0.39, 0.29) is 0 Å². The molecule has 0 saturated carbocycles. The zero-order valence-electron chi connectivity index (χ0n) is 7.62. The van der Waals surface area contributed by atoms with Gasteiger partial charge in [0.1, 0.15) is 5.67 Å². The highest BCUT2D eigenvalue weighted by Gasteiger charge is 2.30. The molecule has 2 heteroatoms. The summed E-state index contributed by atoms with van der Waals surface area (Å²) in [6.07, 6.45) is 2.93. The molecule has 0 radical (unpaired) electrons. The maximum absolute atomic E-state index is 13.8. The van der Waals surface area contributed by atoms with Crippen LogP contribution in [0.2, 0.25) is 0 Å². The predicted octanol–water partition coefficient (Wildman–Crippen LogP) is 1.88. The number of nitrogens with one attached hydrogen (secondary N) is 1. The molecule has 1 N–H and O–H groups in total. The average Bonchev–Trinajstić information content (AvgIpc) is 2.06. The minimum absolute atomic E-state index is 0.512. The summed E-state index contributed by atoms with van der Waals surface area (Å²) in [6, 6.07) is 0. The molecule has 12 heavy (non-hydrogen) atoms. The fourth-order valence-corrected chi connectivity index (χ4v) is 1.56. The second kappa shape index (κ2) is 4.47. The Kier molecular flexibility index (Phi) is 3.55. The summed E-state index contributed by atoms with van der Waals surface area (Å²) in [4.78, 5) is 0. The smallest absolute Gasteiger partial charge is 0.124 e. The molecular weight excluding hydrogens is 153 g/mol. The number of piperidine rings is 1. The van der Waals surface area contributed by atoms with Crippen molar-refractivity contribution in [3.05, 3.63) is 0 Å². The first-order valence-electron chi connectivity index (χ1n) is 4.56. The van der Waals surface area contributed by atoms with E-state index in [1.807, 2.05) is 0 Å². The van der Waals surface area contributed by atoms with Gasteiger partial charge < -0.3 is 5.32 Å². The lowest BCUT2D eigenvalue weighted by molar-refractivity contribution is 0.113. The van der Waals surface area contributed by atoms with Crippen LogP contribution in [0.25, 0.3) is 0 Å². The van der Waals surface area contributed by atoms with Gasteiger partial charge in [-0.15, -0.1) is 11.8 Å². The van der Waals surface area contributed by atoms with Crippen LogP contribution in [-0.4, -0.2) is 18.8 Å². The minimum atomic E-state index is -0.984. The molecule has 0 spiro atoms. The van der Waals surface area contributed by atoms with Gasteiger partial charge in [0.25, 0.3) is 0 Å². The zero-order valence-corrected chi connectivity index (χ0v) is 7.62. The zero-order chi connectivity index (χ0) is 8.86. The van der Waals surface area contributed by atoms with Crippen LogP contribution in [0.5, 0.6) is 0 Å². The Morgan fingerprint density at radius 1 is 1.58 bits per heavy atom. The molecule has 0 aromatic rings. The molecule has 1 heterocycles. The summed E-state index contributed by atoms with van der Waals surface area (Å²) in [6.45, 7) is 3.27. The second-order valence-corrected chi connectivity index (χ2v) is 3.36. The fourth-order valence-electron chi connectivity index (χ4n) is 1.56. The van der Waals surface area contributed by atoms with E-state index in [0.29, 0.717) is 25.8 Å². The average molecular weight is 169 g/mol. The Labute approximate surface area is 73.7 Å². The first kappa shape index (κ1) is 9.54. The molecule has 68 valence electrons. The van der Waals surface area contributed by atoms with Crippen molar-refractivity contribution in [1.29, 1.82) is 0 Å². The molecule has 0 aliphatic carbocycles. The Morgan fingerprint density at radius 2 is 2.42 bits per heavy atom. The van der Waals surface area contributed by atoms with Crippen molar-refractivity contribution in [2.45, 2.75) is 38.3 Å². The highest BCUT2D eigenvalue weighted by molar-refractivity contribution is 4.98. The van der Waals surface area contributed by atoms with Gasteiger partial charge in [-0.1, -0.05) is 0 Å². The molecule has 1 atom stereocenters. The van der Waals surface area contributed by atoms with E-state index in [1.165, 1.54) is 0 Å². The fraction of sp³-hybridized carbons (Fsp3) is 0.800. The molecule has 0 aromatic carbocycles. The largest absolute Gasteiger partial charge is 0.314 e. The minimum Gasteiger partial charge on any atom is -0.314 e. The van der Waals surface area contributed by atoms with Gasteiger partial charge in [-0.05, 0) is 32.7 Å². The topological polar surface area (TPSA) is 12.0 Å². The van der Waals surface area contributed by atoms with Crippen molar-refractivity contribution in [1.82, 2.24) is 5.32 Å². The number of hydrogen-bond acceptors (Lipinski definition) is 1. The third-order valence-corrected chi connectivity index (χ3v) is 2.30. The molecule has 1 rings (SSSR count). The third kappa shape index (κ3) is 2.83. The Balaban J connectivity index is 2.29. The summed E-state index contributed by atoms with van der Waals surface area (Å²) in [5, 5.41) is 3.08. The second-order valence-electron chi connectivity index (χ2n) is 3.36. The van der Waals surface area contributed by atoms with Crippen molar-refractivity contribution < 1.29 is 4.39 Å². The van der Waals surface area contributed by atoms with Crippen LogP contribution in [0.1, 0.15) is 32.6 Å². The monoisotopic (exact) mass is 169 g/mol. The molecule has 0 aromatic heterocycles. The SMILES string of the molecule is CC#CCCC1(F)CCCNC1. The van der Waals surface area contributed by atoms with Crippen molar-refractivity contribution in [3.8, 4) is 11.8 Å². The van der Waals surface area contributed by atoms with Gasteiger partial charge >= 0.3 is 0 Å². The molecule has 1 nitrogen and oxygen atoms in total. The number of hydrogen-bond donors (Lipinski definition) is 1. The molecular formula is C10H16FN. The van der Waals surface area contributed by atoms with Crippen molar-refractivity contribution >= 4 is 0 Å². The maximum atomic E-state index is 13.8. The molecule has 0 bridgehead atoms. The van der Waals surface area contributed by atoms with Gasteiger partial charge in [0, 0.05) is 13.0 Å². The summed E-state index contributed by atoms with van der Waals surface area (Å²) in [5.41, 5.74) is -0.984. The van der Waals surface area contributed by atoms with Crippen LogP contribution < -0.4 is 5.32 Å². The Bertz CT molecular complexity index is 184. The van der Waals surface area contributed by atoms with E-state index in [2.05, 4.69) is 17.2 Å². The highest BCUT2D eigenvalue weighted by Crippen LogP contribution is 2.25. The molecule has 1 aliphatic rings. The van der Waals surface area contributed by atoms with E-state index in [0.717, 1.165) is 13.0 Å². The molecule has 1 unspecified atom stereocenters. The maximum Gasteiger partial charge on any atom is 0.124 e. The van der Waals surface area contributed by atoms with Crippen LogP contribution in [0.4, 0.5) is 4.39 Å². The molecule has 1 aliphatic heterocycles. The van der Waals surface area contributed by atoms with Gasteiger partial charge in [-0.25, -0.2) is 4.39 Å². The van der Waals surface area contributed by atoms with Gasteiger partial charge in [0.05, 0.1) is 0 Å². The highest BCUT2D eigenvalue weighted by atomic mass is 19.1. The summed E-state index contributed by atoms with van der Waals surface area (Å²) in [7, 11) is 0. The molecule has 0 amide bonds. The first-order chi connectivity index (χ1) is 5.77. The van der Waals surface area contributed by atoms with Crippen LogP contribution in [0.3, 0.4) is 0 Å². The van der Waals surface area contributed by atoms with Crippen LogP contribution >= 0.6 is 0 Å². The molecule has 1 saturated heterocycles. The Hall–Kier alpha value is -0.550. The van der Waals surface area contributed by atoms with E-state index in [4.69, 9.17) is 0 Å². The van der Waals surface area contributed by atoms with Crippen LogP contribution in [-0.2, 0) is 0 Å². The quantitative estimate of drug-likeness (QED) is 0.622. The lowest BCUT2D eigenvalue weighted by atomic mass is 9.91. The van der Waals surface area contributed by atoms with E-state index in [9.17, 15) is 4.39 Å². The lowest BCUT2D eigenvalue weighted by Crippen LogP contribution is -2.42. The standard InChI is InChI=1S/C10H16FN/c1-2-3-4-6-10(11)7-5-8-12-9-10/h12H,4-9H2,1H3. The van der Waals surface area contributed by atoms with Gasteiger partial charge in [0.2, 0.25) is 0 Å². The van der Waals surface area contributed by atoms with E-state index >= 15 is 0 Å². The lowest BCUT2D eigenvalue weighted by Gasteiger charge is -2.29. The van der Waals surface area contributed by atoms with E-state index in [1.54, 1.807) is 6.92 Å². The van der Waals surface area contributed by atoms with Gasteiger partial charge in [0.15, 0.2) is 0 Å². The van der Waals surface area contributed by atoms with Crippen LogP contribution in [0.15, 0.2) is 0 Å². The van der Waals surface area contributed by atoms with Crippen molar-refractivity contribution in [2.24, 2.45) is 0 Å². The summed E-state index contributed by atoms with van der Waals surface area (Å²) < 4.78 is 13.8. The summed E-state index contributed by atoms with van der Waals surface area (Å²) in [5.74, 6) is 5.69. The summed E-state index contributed by atoms with van der Waals surface area (Å²) >= 11 is 0. The number of halogens is 1. The predicted molar refractivity (Wildman–Crippen MR) is 48.6 cm³/mol. The van der Waals surface area contributed by atoms with Crippen LogP contribution in [0, 0.1) is 11.8 Å². The Morgan fingerprint density at radius 3 is 3.00 bits per heavy atom. The normalized spacial score (nSPS) is 29.2.